The minimum absolute atomic E-state index is 0.139. The second-order valence-electron chi connectivity index (χ2n) is 3.05. The highest BCUT2D eigenvalue weighted by Gasteiger charge is 1.94. The van der Waals surface area contributed by atoms with E-state index in [9.17, 15) is 0 Å². The van der Waals surface area contributed by atoms with Crippen LogP contribution in [0.25, 0.3) is 0 Å². The van der Waals surface area contributed by atoms with Crippen molar-refractivity contribution >= 4 is 8.80 Å². The summed E-state index contributed by atoms with van der Waals surface area (Å²) in [5, 5.41) is 0. The van der Waals surface area contributed by atoms with E-state index < -0.39 is 0 Å². The normalized spacial score (nSPS) is 17.3. The molecule has 0 atom stereocenters. The predicted molar refractivity (Wildman–Crippen MR) is 44.8 cm³/mol. The highest BCUT2D eigenvalue weighted by atomic mass is 28.3. The van der Waals surface area contributed by atoms with Crippen molar-refractivity contribution in [1.82, 2.24) is 0 Å². The van der Waals surface area contributed by atoms with Crippen molar-refractivity contribution in [3.8, 4) is 0 Å². The van der Waals surface area contributed by atoms with E-state index in [1.165, 1.54) is 12.8 Å². The monoisotopic (exact) mass is 146 g/mol. The van der Waals surface area contributed by atoms with Gasteiger partial charge in [0.1, 0.15) is 0 Å². The van der Waals surface area contributed by atoms with Crippen molar-refractivity contribution in [3.63, 3.8) is 0 Å². The van der Waals surface area contributed by atoms with Gasteiger partial charge in [-0.2, -0.15) is 0 Å². The van der Waals surface area contributed by atoms with Gasteiger partial charge in [0.25, 0.3) is 0 Å². The SMILES string of the molecule is C1CCOC1.C[SiH](C)C. The van der Waals surface area contributed by atoms with Gasteiger partial charge in [-0.1, -0.05) is 19.6 Å². The van der Waals surface area contributed by atoms with Crippen molar-refractivity contribution in [2.45, 2.75) is 32.5 Å². The van der Waals surface area contributed by atoms with Crippen LogP contribution in [0.15, 0.2) is 0 Å². The fourth-order valence-corrected chi connectivity index (χ4v) is 0.510. The Bertz CT molecular complexity index is 40.5. The number of rotatable bonds is 0. The molecule has 56 valence electrons. The average Bonchev–Trinajstić information content (AvgIpc) is 2.11. The Balaban J connectivity index is 0.000000148. The van der Waals surface area contributed by atoms with Crippen molar-refractivity contribution in [3.05, 3.63) is 0 Å². The third-order valence-corrected chi connectivity index (χ3v) is 0.827. The summed E-state index contributed by atoms with van der Waals surface area (Å²) in [5.74, 6) is 0. The third kappa shape index (κ3) is 11.6. The molecule has 1 saturated heterocycles. The summed E-state index contributed by atoms with van der Waals surface area (Å²) in [6.07, 6.45) is 2.56. The van der Waals surface area contributed by atoms with E-state index in [1.807, 2.05) is 0 Å². The number of ether oxygens (including phenoxy) is 1. The van der Waals surface area contributed by atoms with Crippen LogP contribution in [0.5, 0.6) is 0 Å². The van der Waals surface area contributed by atoms with Crippen molar-refractivity contribution in [2.24, 2.45) is 0 Å². The minimum atomic E-state index is -0.139. The topological polar surface area (TPSA) is 9.23 Å². The van der Waals surface area contributed by atoms with E-state index in [0.29, 0.717) is 0 Å². The van der Waals surface area contributed by atoms with Crippen LogP contribution in [0.2, 0.25) is 19.6 Å². The standard InChI is InChI=1S/C4H8O.C3H10Si/c1-2-4-5-3-1;1-4(2)3/h1-4H2;4H,1-3H3. The van der Waals surface area contributed by atoms with Gasteiger partial charge in [-0.15, -0.1) is 0 Å². The van der Waals surface area contributed by atoms with Crippen LogP contribution in [0, 0.1) is 0 Å². The van der Waals surface area contributed by atoms with Gasteiger partial charge in [0.05, 0.1) is 0 Å². The summed E-state index contributed by atoms with van der Waals surface area (Å²) in [7, 11) is -0.139. The summed E-state index contributed by atoms with van der Waals surface area (Å²) >= 11 is 0. The molecule has 1 aliphatic heterocycles. The lowest BCUT2D eigenvalue weighted by molar-refractivity contribution is 0.198. The number of hydrogen-bond acceptors (Lipinski definition) is 1. The maximum Gasteiger partial charge on any atom is 0.0466 e. The van der Waals surface area contributed by atoms with Crippen molar-refractivity contribution in [2.75, 3.05) is 13.2 Å². The molecule has 0 amide bonds. The third-order valence-electron chi connectivity index (χ3n) is 0.827. The predicted octanol–water partition coefficient (Wildman–Crippen LogP) is 1.90. The summed E-state index contributed by atoms with van der Waals surface area (Å²) in [4.78, 5) is 0. The lowest BCUT2D eigenvalue weighted by Gasteiger charge is -1.76. The van der Waals surface area contributed by atoms with Crippen LogP contribution in [0.4, 0.5) is 0 Å². The van der Waals surface area contributed by atoms with Gasteiger partial charge >= 0.3 is 0 Å². The molecule has 0 saturated carbocycles. The van der Waals surface area contributed by atoms with Gasteiger partial charge in [-0.25, -0.2) is 0 Å². The summed E-state index contributed by atoms with van der Waals surface area (Å²) in [6.45, 7) is 8.92. The Morgan fingerprint density at radius 3 is 1.44 bits per heavy atom. The lowest BCUT2D eigenvalue weighted by Crippen LogP contribution is -1.84. The number of hydrogen-bond donors (Lipinski definition) is 0. The first-order valence-electron chi connectivity index (χ1n) is 3.81. The van der Waals surface area contributed by atoms with E-state index in [1.54, 1.807) is 0 Å². The molecule has 0 aromatic rings. The Kier molecular flexibility index (Phi) is 6.42. The first-order chi connectivity index (χ1) is 4.23. The zero-order chi connectivity index (χ0) is 7.11. The van der Waals surface area contributed by atoms with Crippen LogP contribution >= 0.6 is 0 Å². The molecule has 1 aliphatic rings. The molecule has 0 spiro atoms. The van der Waals surface area contributed by atoms with Gasteiger partial charge in [0.2, 0.25) is 0 Å². The fourth-order valence-electron chi connectivity index (χ4n) is 0.510. The van der Waals surface area contributed by atoms with Crippen molar-refractivity contribution in [1.29, 1.82) is 0 Å². The second-order valence-corrected chi connectivity index (χ2v) is 6.52. The zero-order valence-electron chi connectivity index (χ0n) is 6.81. The minimum Gasteiger partial charge on any atom is -0.381 e. The Morgan fingerprint density at radius 2 is 1.33 bits per heavy atom. The molecular weight excluding hydrogens is 128 g/mol. The molecule has 0 aliphatic carbocycles. The van der Waals surface area contributed by atoms with E-state index in [4.69, 9.17) is 4.74 Å². The summed E-state index contributed by atoms with van der Waals surface area (Å²) in [6, 6.07) is 0. The Hall–Kier alpha value is 0.177. The Labute approximate surface area is 60.0 Å². The zero-order valence-corrected chi connectivity index (χ0v) is 7.97. The second kappa shape index (κ2) is 6.30. The fraction of sp³-hybridized carbons (Fsp3) is 1.00. The molecule has 0 radical (unpaired) electrons. The van der Waals surface area contributed by atoms with E-state index in [0.717, 1.165) is 13.2 Å². The maximum atomic E-state index is 4.94. The van der Waals surface area contributed by atoms with E-state index >= 15 is 0 Å². The van der Waals surface area contributed by atoms with Gasteiger partial charge in [0, 0.05) is 22.0 Å². The van der Waals surface area contributed by atoms with Crippen LogP contribution in [-0.4, -0.2) is 22.0 Å². The molecule has 2 heteroatoms. The van der Waals surface area contributed by atoms with Gasteiger partial charge < -0.3 is 4.74 Å². The molecule has 0 aromatic heterocycles. The van der Waals surface area contributed by atoms with E-state index in [-0.39, 0.29) is 8.80 Å². The van der Waals surface area contributed by atoms with Crippen LogP contribution in [0.3, 0.4) is 0 Å². The highest BCUT2D eigenvalue weighted by molar-refractivity contribution is 6.54. The summed E-state index contributed by atoms with van der Waals surface area (Å²) < 4.78 is 4.94. The average molecular weight is 146 g/mol. The van der Waals surface area contributed by atoms with Crippen LogP contribution < -0.4 is 0 Å². The smallest absolute Gasteiger partial charge is 0.0466 e. The highest BCUT2D eigenvalue weighted by Crippen LogP contribution is 1.98. The molecule has 0 aromatic carbocycles. The van der Waals surface area contributed by atoms with Gasteiger partial charge in [0.15, 0.2) is 0 Å². The van der Waals surface area contributed by atoms with Crippen LogP contribution in [0.1, 0.15) is 12.8 Å². The first-order valence-corrected chi connectivity index (χ1v) is 7.27. The van der Waals surface area contributed by atoms with Gasteiger partial charge in [-0.3, -0.25) is 0 Å². The molecule has 0 N–H and O–H groups in total. The molecule has 9 heavy (non-hydrogen) atoms. The molecule has 1 fully saturated rings. The molecule has 1 heterocycles. The molecule has 0 unspecified atom stereocenters. The van der Waals surface area contributed by atoms with Crippen molar-refractivity contribution < 1.29 is 4.74 Å². The summed E-state index contributed by atoms with van der Waals surface area (Å²) in [5.41, 5.74) is 0. The van der Waals surface area contributed by atoms with Crippen LogP contribution in [-0.2, 0) is 4.74 Å². The molecule has 1 nitrogen and oxygen atoms in total. The van der Waals surface area contributed by atoms with E-state index in [2.05, 4.69) is 19.6 Å². The molecular formula is C7H18OSi. The Morgan fingerprint density at radius 1 is 1.00 bits per heavy atom. The van der Waals surface area contributed by atoms with Gasteiger partial charge in [-0.05, 0) is 12.8 Å². The molecule has 0 bridgehead atoms. The quantitative estimate of drug-likeness (QED) is 0.474. The maximum absolute atomic E-state index is 4.94. The first kappa shape index (κ1) is 9.18. The molecule has 1 rings (SSSR count). The lowest BCUT2D eigenvalue weighted by atomic mass is 10.4. The largest absolute Gasteiger partial charge is 0.381 e.